The molecular weight excluding hydrogens is 479 g/mol. The molecule has 1 aromatic rings. The van der Waals surface area contributed by atoms with Gasteiger partial charge >= 0.3 is 0 Å². The first kappa shape index (κ1) is 24.2. The highest BCUT2D eigenvalue weighted by Gasteiger charge is 2.24. The Bertz CT molecular complexity index is 612. The van der Waals surface area contributed by atoms with Crippen LogP contribution in [0.4, 0.5) is 0 Å². The minimum atomic E-state index is 0. The summed E-state index contributed by atoms with van der Waals surface area (Å²) in [5, 5.41) is 3.51. The first-order valence-corrected chi connectivity index (χ1v) is 10.7. The van der Waals surface area contributed by atoms with Crippen molar-refractivity contribution in [2.75, 3.05) is 59.6 Å². The van der Waals surface area contributed by atoms with E-state index >= 15 is 0 Å². The van der Waals surface area contributed by atoms with Crippen LogP contribution in [0.15, 0.2) is 29.3 Å². The molecule has 0 aromatic heterocycles. The number of guanidine groups is 1. The van der Waals surface area contributed by atoms with Gasteiger partial charge in [0.1, 0.15) is 5.75 Å². The first-order valence-electron chi connectivity index (χ1n) is 10.7. The van der Waals surface area contributed by atoms with Crippen LogP contribution in [0.25, 0.3) is 0 Å². The molecule has 2 aliphatic rings. The Labute approximate surface area is 193 Å². The molecule has 2 aliphatic heterocycles. The molecule has 1 atom stereocenters. The fourth-order valence-electron chi connectivity index (χ4n) is 3.97. The minimum absolute atomic E-state index is 0. The van der Waals surface area contributed by atoms with Gasteiger partial charge in [0, 0.05) is 32.7 Å². The van der Waals surface area contributed by atoms with Crippen LogP contribution in [-0.2, 0) is 4.74 Å². The number of piperidine rings is 1. The number of morpholine rings is 1. The van der Waals surface area contributed by atoms with Gasteiger partial charge in [-0.05, 0) is 43.4 Å². The third-order valence-corrected chi connectivity index (χ3v) is 5.82. The number of nitrogens with zero attached hydrogens (tertiary/aromatic N) is 3. The zero-order chi connectivity index (χ0) is 19.8. The molecular formula is C22H37IN4O2. The van der Waals surface area contributed by atoms with E-state index in [0.717, 1.165) is 70.1 Å². The van der Waals surface area contributed by atoms with Crippen molar-refractivity contribution < 1.29 is 9.47 Å². The van der Waals surface area contributed by atoms with Gasteiger partial charge in [-0.15, -0.1) is 24.0 Å². The van der Waals surface area contributed by atoms with Crippen molar-refractivity contribution in [2.45, 2.75) is 32.7 Å². The Kier molecular flexibility index (Phi) is 10.5. The Morgan fingerprint density at radius 2 is 1.83 bits per heavy atom. The topological polar surface area (TPSA) is 49.3 Å². The van der Waals surface area contributed by atoms with E-state index < -0.39 is 0 Å². The van der Waals surface area contributed by atoms with Crippen molar-refractivity contribution in [3.05, 3.63) is 29.8 Å². The Balaban J connectivity index is 0.00000300. The molecule has 3 rings (SSSR count). The van der Waals surface area contributed by atoms with Gasteiger partial charge in [-0.1, -0.05) is 19.1 Å². The number of ether oxygens (including phenoxy) is 2. The van der Waals surface area contributed by atoms with Gasteiger partial charge in [0.2, 0.25) is 0 Å². The molecule has 2 saturated heterocycles. The Morgan fingerprint density at radius 1 is 1.17 bits per heavy atom. The third kappa shape index (κ3) is 7.00. The van der Waals surface area contributed by atoms with Gasteiger partial charge in [-0.25, -0.2) is 0 Å². The van der Waals surface area contributed by atoms with Gasteiger partial charge < -0.3 is 19.7 Å². The molecule has 0 radical (unpaired) electrons. The van der Waals surface area contributed by atoms with E-state index in [1.54, 1.807) is 7.11 Å². The summed E-state index contributed by atoms with van der Waals surface area (Å²) >= 11 is 0. The molecule has 2 fully saturated rings. The number of hydrogen-bond acceptors (Lipinski definition) is 4. The second kappa shape index (κ2) is 12.6. The number of rotatable bonds is 6. The molecule has 6 nitrogen and oxygen atoms in total. The highest BCUT2D eigenvalue weighted by atomic mass is 127. The molecule has 1 N–H and O–H groups in total. The van der Waals surface area contributed by atoms with Crippen LogP contribution in [0.2, 0.25) is 0 Å². The summed E-state index contributed by atoms with van der Waals surface area (Å²) in [6.07, 6.45) is 2.49. The predicted molar refractivity (Wildman–Crippen MR) is 129 cm³/mol. The van der Waals surface area contributed by atoms with E-state index in [2.05, 4.69) is 41.1 Å². The lowest BCUT2D eigenvalue weighted by Gasteiger charge is -2.35. The zero-order valence-electron chi connectivity index (χ0n) is 18.1. The van der Waals surface area contributed by atoms with Crippen molar-refractivity contribution in [3.8, 4) is 5.75 Å². The lowest BCUT2D eigenvalue weighted by atomic mass is 9.99. The van der Waals surface area contributed by atoms with Crippen molar-refractivity contribution >= 4 is 29.9 Å². The molecule has 0 aliphatic carbocycles. The van der Waals surface area contributed by atoms with E-state index in [9.17, 15) is 0 Å². The number of benzene rings is 1. The normalized spacial score (nSPS) is 20.1. The van der Waals surface area contributed by atoms with Crippen LogP contribution in [0.5, 0.6) is 5.75 Å². The molecule has 1 unspecified atom stereocenters. The molecule has 2 heterocycles. The average molecular weight is 516 g/mol. The van der Waals surface area contributed by atoms with E-state index in [4.69, 9.17) is 14.5 Å². The van der Waals surface area contributed by atoms with E-state index in [-0.39, 0.29) is 30.0 Å². The lowest BCUT2D eigenvalue weighted by molar-refractivity contribution is 0.0179. The summed E-state index contributed by atoms with van der Waals surface area (Å²) in [5.41, 5.74) is 1.29. The van der Waals surface area contributed by atoms with E-state index in [0.29, 0.717) is 0 Å². The van der Waals surface area contributed by atoms with Gasteiger partial charge in [0.25, 0.3) is 0 Å². The first-order chi connectivity index (χ1) is 13.7. The molecule has 1 aromatic carbocycles. The fourth-order valence-corrected chi connectivity index (χ4v) is 3.97. The maximum Gasteiger partial charge on any atom is 0.193 e. The summed E-state index contributed by atoms with van der Waals surface area (Å²) in [6.45, 7) is 11.8. The number of likely N-dealkylation sites (tertiary alicyclic amines) is 1. The number of halogens is 1. The van der Waals surface area contributed by atoms with Crippen LogP contribution in [0, 0.1) is 5.92 Å². The standard InChI is InChI=1S/C22H36N4O2.HI/c1-4-23-22(26-11-9-18(2)10-12-26)24-17-21(25-13-15-28-16-14-25)19-5-7-20(27-3)8-6-19;/h5-8,18,21H,4,9-17H2,1-3H3,(H,23,24);1H. The fraction of sp³-hybridized carbons (Fsp3) is 0.682. The molecule has 7 heteroatoms. The third-order valence-electron chi connectivity index (χ3n) is 5.82. The molecule has 0 amide bonds. The minimum Gasteiger partial charge on any atom is -0.497 e. The number of hydrogen-bond donors (Lipinski definition) is 1. The lowest BCUT2D eigenvalue weighted by Crippen LogP contribution is -2.46. The maximum absolute atomic E-state index is 5.57. The molecule has 0 saturated carbocycles. The monoisotopic (exact) mass is 516 g/mol. The quantitative estimate of drug-likeness (QED) is 0.357. The van der Waals surface area contributed by atoms with Crippen LogP contribution >= 0.6 is 24.0 Å². The Morgan fingerprint density at radius 3 is 2.41 bits per heavy atom. The van der Waals surface area contributed by atoms with Crippen molar-refractivity contribution in [1.29, 1.82) is 0 Å². The molecule has 0 bridgehead atoms. The smallest absolute Gasteiger partial charge is 0.193 e. The number of methoxy groups -OCH3 is 1. The van der Waals surface area contributed by atoms with Crippen molar-refractivity contribution in [1.82, 2.24) is 15.1 Å². The maximum atomic E-state index is 5.57. The zero-order valence-corrected chi connectivity index (χ0v) is 20.4. The van der Waals surface area contributed by atoms with Crippen LogP contribution in [0.1, 0.15) is 38.3 Å². The van der Waals surface area contributed by atoms with Crippen molar-refractivity contribution in [3.63, 3.8) is 0 Å². The average Bonchev–Trinajstić information content (AvgIpc) is 2.75. The summed E-state index contributed by atoms with van der Waals surface area (Å²) in [5.74, 6) is 2.77. The highest BCUT2D eigenvalue weighted by Crippen LogP contribution is 2.25. The summed E-state index contributed by atoms with van der Waals surface area (Å²) < 4.78 is 10.9. The second-order valence-electron chi connectivity index (χ2n) is 7.80. The molecule has 0 spiro atoms. The highest BCUT2D eigenvalue weighted by molar-refractivity contribution is 14.0. The molecule has 29 heavy (non-hydrogen) atoms. The Hall–Kier alpha value is -1.06. The summed E-state index contributed by atoms with van der Waals surface area (Å²) in [6, 6.07) is 8.69. The van der Waals surface area contributed by atoms with Gasteiger partial charge in [0.15, 0.2) is 5.96 Å². The van der Waals surface area contributed by atoms with E-state index in [1.807, 2.05) is 12.1 Å². The van der Waals surface area contributed by atoms with Crippen LogP contribution in [0.3, 0.4) is 0 Å². The second-order valence-corrected chi connectivity index (χ2v) is 7.80. The number of nitrogens with one attached hydrogen (secondary N) is 1. The summed E-state index contributed by atoms with van der Waals surface area (Å²) in [4.78, 5) is 10.00. The largest absolute Gasteiger partial charge is 0.497 e. The van der Waals surface area contributed by atoms with Crippen LogP contribution < -0.4 is 10.1 Å². The van der Waals surface area contributed by atoms with Gasteiger partial charge in [-0.2, -0.15) is 0 Å². The van der Waals surface area contributed by atoms with Gasteiger partial charge in [-0.3, -0.25) is 9.89 Å². The predicted octanol–water partition coefficient (Wildman–Crippen LogP) is 3.38. The SMILES string of the molecule is CCNC(=NCC(c1ccc(OC)cc1)N1CCOCC1)N1CCC(C)CC1.I. The summed E-state index contributed by atoms with van der Waals surface area (Å²) in [7, 11) is 1.71. The molecule has 164 valence electrons. The van der Waals surface area contributed by atoms with Crippen LogP contribution in [-0.4, -0.2) is 75.4 Å². The van der Waals surface area contributed by atoms with E-state index in [1.165, 1.54) is 18.4 Å². The van der Waals surface area contributed by atoms with Gasteiger partial charge in [0.05, 0.1) is 32.9 Å². The number of aliphatic imine (C=N–C) groups is 1. The van der Waals surface area contributed by atoms with Crippen molar-refractivity contribution in [2.24, 2.45) is 10.9 Å².